The Morgan fingerprint density at radius 1 is 0.949 bits per heavy atom. The van der Waals surface area contributed by atoms with Gasteiger partial charge >= 0.3 is 0 Å². The molecular weight excluding hydrogens is 486 g/mol. The largest absolute Gasteiger partial charge is 0.497 e. The number of hydrogen-bond donors (Lipinski definition) is 1. The molecule has 2 aromatic carbocycles. The van der Waals surface area contributed by atoms with Crippen molar-refractivity contribution in [2.75, 3.05) is 59.7 Å². The van der Waals surface area contributed by atoms with Crippen molar-refractivity contribution >= 4 is 10.9 Å². The molecule has 2 saturated heterocycles. The number of aryl methyl sites for hydroxylation is 2. The molecule has 0 atom stereocenters. The van der Waals surface area contributed by atoms with Crippen LogP contribution in [0.5, 0.6) is 5.75 Å². The van der Waals surface area contributed by atoms with Crippen molar-refractivity contribution in [1.29, 1.82) is 0 Å². The summed E-state index contributed by atoms with van der Waals surface area (Å²) in [7, 11) is 1.73. The van der Waals surface area contributed by atoms with Gasteiger partial charge in [0.15, 0.2) is 0 Å². The van der Waals surface area contributed by atoms with Gasteiger partial charge in [-0.05, 0) is 105 Å². The van der Waals surface area contributed by atoms with Gasteiger partial charge in [0.25, 0.3) is 0 Å². The third-order valence-corrected chi connectivity index (χ3v) is 8.94. The maximum Gasteiger partial charge on any atom is 0.119 e. The maximum absolute atomic E-state index is 10.5. The summed E-state index contributed by atoms with van der Waals surface area (Å²) in [6.45, 7) is 8.04. The van der Waals surface area contributed by atoms with Crippen molar-refractivity contribution < 1.29 is 14.6 Å². The Labute approximate surface area is 233 Å². The minimum atomic E-state index is 0.0425. The predicted molar refractivity (Wildman–Crippen MR) is 157 cm³/mol. The molecule has 39 heavy (non-hydrogen) atoms. The van der Waals surface area contributed by atoms with E-state index in [0.29, 0.717) is 0 Å². The summed E-state index contributed by atoms with van der Waals surface area (Å²) < 4.78 is 11.1. The monoisotopic (exact) mass is 531 g/mol. The zero-order chi connectivity index (χ0) is 26.9. The second-order valence-electron chi connectivity index (χ2n) is 11.5. The summed E-state index contributed by atoms with van der Waals surface area (Å²) in [5.74, 6) is 0.875. The van der Waals surface area contributed by atoms with Crippen LogP contribution in [0.15, 0.2) is 54.7 Å². The number of aromatic nitrogens is 1. The van der Waals surface area contributed by atoms with E-state index in [9.17, 15) is 5.11 Å². The number of benzene rings is 2. The van der Waals surface area contributed by atoms with Crippen LogP contribution in [0.25, 0.3) is 10.9 Å². The number of ether oxygens (including phenoxy) is 2. The molecule has 2 aliphatic heterocycles. The number of piperidine rings is 1. The number of pyridine rings is 1. The molecule has 1 N–H and O–H groups in total. The number of morpholine rings is 1. The van der Waals surface area contributed by atoms with E-state index in [4.69, 9.17) is 14.5 Å². The third-order valence-electron chi connectivity index (χ3n) is 8.94. The van der Waals surface area contributed by atoms with E-state index in [0.717, 1.165) is 102 Å². The Hall–Kier alpha value is -2.51. The summed E-state index contributed by atoms with van der Waals surface area (Å²) in [6, 6.07) is 17.0. The zero-order valence-electron chi connectivity index (χ0n) is 23.6. The lowest BCUT2D eigenvalue weighted by Crippen LogP contribution is -2.42. The Balaban J connectivity index is 1.20. The fourth-order valence-electron chi connectivity index (χ4n) is 6.36. The molecule has 0 unspecified atom stereocenters. The lowest BCUT2D eigenvalue weighted by molar-refractivity contribution is 0.0336. The van der Waals surface area contributed by atoms with E-state index in [1.807, 2.05) is 6.07 Å². The van der Waals surface area contributed by atoms with Crippen LogP contribution >= 0.6 is 0 Å². The number of fused-ring (bicyclic) bond motifs is 1. The van der Waals surface area contributed by atoms with Crippen LogP contribution in [0.3, 0.4) is 0 Å². The smallest absolute Gasteiger partial charge is 0.119 e. The Morgan fingerprint density at radius 2 is 1.74 bits per heavy atom. The lowest BCUT2D eigenvalue weighted by Gasteiger charge is -2.41. The Morgan fingerprint density at radius 3 is 2.49 bits per heavy atom. The number of likely N-dealkylation sites (tertiary alicyclic amines) is 1. The average Bonchev–Trinajstić information content (AvgIpc) is 2.99. The predicted octanol–water partition coefficient (Wildman–Crippen LogP) is 5.11. The van der Waals surface area contributed by atoms with Crippen LogP contribution < -0.4 is 4.74 Å². The van der Waals surface area contributed by atoms with Gasteiger partial charge < -0.3 is 19.5 Å². The van der Waals surface area contributed by atoms with Crippen LogP contribution in [0.1, 0.15) is 48.8 Å². The average molecular weight is 532 g/mol. The Kier molecular flexibility index (Phi) is 9.86. The number of aliphatic hydroxyl groups excluding tert-OH is 1. The fraction of sp³-hybridized carbons (Fsp3) is 0.545. The summed E-state index contributed by atoms with van der Waals surface area (Å²) in [6.07, 6.45) is 9.71. The molecule has 0 spiro atoms. The molecule has 6 nitrogen and oxygen atoms in total. The number of hydrogen-bond acceptors (Lipinski definition) is 6. The first-order valence-corrected chi connectivity index (χ1v) is 14.8. The van der Waals surface area contributed by atoms with Gasteiger partial charge in [0.2, 0.25) is 0 Å². The van der Waals surface area contributed by atoms with Gasteiger partial charge in [0.05, 0.1) is 25.8 Å². The number of aliphatic hydroxyl groups is 1. The highest BCUT2D eigenvalue weighted by molar-refractivity contribution is 5.84. The van der Waals surface area contributed by atoms with Gasteiger partial charge in [-0.15, -0.1) is 0 Å². The normalized spacial score (nSPS) is 18.4. The van der Waals surface area contributed by atoms with Gasteiger partial charge in [-0.3, -0.25) is 9.88 Å². The van der Waals surface area contributed by atoms with Crippen molar-refractivity contribution in [3.05, 3.63) is 71.4 Å². The van der Waals surface area contributed by atoms with Gasteiger partial charge in [-0.25, -0.2) is 0 Å². The highest BCUT2D eigenvalue weighted by atomic mass is 16.5. The SMILES string of the molecule is COc1ccc2ncc(CN3CCOCC3)c(CCCC3(CO)CCN(CCCc4ccccc4)CC3)c2c1. The molecule has 0 saturated carbocycles. The van der Waals surface area contributed by atoms with Crippen molar-refractivity contribution in [1.82, 2.24) is 14.8 Å². The van der Waals surface area contributed by atoms with Gasteiger partial charge in [-0.1, -0.05) is 30.3 Å². The number of methoxy groups -OCH3 is 1. The first-order chi connectivity index (χ1) is 19.2. The molecule has 1 aromatic heterocycles. The van der Waals surface area contributed by atoms with Gasteiger partial charge in [-0.2, -0.15) is 0 Å². The summed E-state index contributed by atoms with van der Waals surface area (Å²) in [5.41, 5.74) is 5.19. The van der Waals surface area contributed by atoms with Gasteiger partial charge in [0, 0.05) is 37.8 Å². The molecule has 0 aliphatic carbocycles. The lowest BCUT2D eigenvalue weighted by atomic mass is 9.74. The fourth-order valence-corrected chi connectivity index (χ4v) is 6.36. The van der Waals surface area contributed by atoms with Crippen molar-refractivity contribution in [3.63, 3.8) is 0 Å². The molecular formula is C33H45N3O3. The highest BCUT2D eigenvalue weighted by Gasteiger charge is 2.33. The zero-order valence-corrected chi connectivity index (χ0v) is 23.6. The molecule has 3 aromatic rings. The van der Waals surface area contributed by atoms with E-state index in [1.165, 1.54) is 28.5 Å². The van der Waals surface area contributed by atoms with E-state index in [-0.39, 0.29) is 12.0 Å². The van der Waals surface area contributed by atoms with E-state index < -0.39 is 0 Å². The summed E-state index contributed by atoms with van der Waals surface area (Å²) >= 11 is 0. The second-order valence-corrected chi connectivity index (χ2v) is 11.5. The molecule has 6 heteroatoms. The van der Waals surface area contributed by atoms with Crippen molar-refractivity contribution in [2.45, 2.75) is 51.5 Å². The first-order valence-electron chi connectivity index (χ1n) is 14.8. The van der Waals surface area contributed by atoms with Crippen LogP contribution in [-0.4, -0.2) is 79.5 Å². The number of rotatable bonds is 12. The van der Waals surface area contributed by atoms with E-state index in [1.54, 1.807) is 7.11 Å². The summed E-state index contributed by atoms with van der Waals surface area (Å²) in [5, 5.41) is 11.7. The van der Waals surface area contributed by atoms with E-state index in [2.05, 4.69) is 58.5 Å². The van der Waals surface area contributed by atoms with Crippen LogP contribution in [0.4, 0.5) is 0 Å². The van der Waals surface area contributed by atoms with Crippen molar-refractivity contribution in [2.24, 2.45) is 5.41 Å². The molecule has 0 amide bonds. The minimum Gasteiger partial charge on any atom is -0.497 e. The minimum absolute atomic E-state index is 0.0425. The first kappa shape index (κ1) is 28.0. The van der Waals surface area contributed by atoms with Crippen molar-refractivity contribution in [3.8, 4) is 5.75 Å². The molecule has 0 bridgehead atoms. The third kappa shape index (κ3) is 7.37. The molecule has 3 heterocycles. The maximum atomic E-state index is 10.5. The quantitative estimate of drug-likeness (QED) is 0.351. The molecule has 2 fully saturated rings. The summed E-state index contributed by atoms with van der Waals surface area (Å²) in [4.78, 5) is 9.87. The molecule has 0 radical (unpaired) electrons. The Bertz CT molecular complexity index is 1170. The molecule has 5 rings (SSSR count). The van der Waals surface area contributed by atoms with Crippen LogP contribution in [-0.2, 0) is 24.1 Å². The molecule has 2 aliphatic rings. The van der Waals surface area contributed by atoms with E-state index >= 15 is 0 Å². The highest BCUT2D eigenvalue weighted by Crippen LogP contribution is 2.37. The molecule has 210 valence electrons. The standard InChI is InChI=1S/C33H45N3O3/c1-38-29-11-12-32-31(23-29)30(28(24-34-32)25-36-19-21-39-22-20-36)10-5-13-33(26-37)14-17-35(18-15-33)16-6-9-27-7-3-2-4-8-27/h2-4,7-8,11-12,23-24,37H,5-6,9-10,13-22,25-26H2,1H3. The van der Waals surface area contributed by atoms with Gasteiger partial charge in [0.1, 0.15) is 5.75 Å². The number of nitrogens with zero attached hydrogens (tertiary/aromatic N) is 3. The van der Waals surface area contributed by atoms with Crippen LogP contribution in [0.2, 0.25) is 0 Å². The van der Waals surface area contributed by atoms with Crippen LogP contribution in [0, 0.1) is 5.41 Å². The topological polar surface area (TPSA) is 58.1 Å². The second kappa shape index (κ2) is 13.7.